The second-order valence-electron chi connectivity index (χ2n) is 6.41. The van der Waals surface area contributed by atoms with Crippen molar-refractivity contribution >= 4 is 11.6 Å². The Morgan fingerprint density at radius 1 is 1.10 bits per heavy atom. The highest BCUT2D eigenvalue weighted by atomic mass is 16.2. The number of carbonyl (C=O) groups excluding carboxylic acids is 1. The zero-order valence-electron chi connectivity index (χ0n) is 12.8. The lowest BCUT2D eigenvalue weighted by atomic mass is 10.0. The minimum absolute atomic E-state index is 0.193. The summed E-state index contributed by atoms with van der Waals surface area (Å²) in [5.41, 5.74) is 2.63. The molecule has 3 rings (SSSR count). The average molecular weight is 286 g/mol. The lowest BCUT2D eigenvalue weighted by molar-refractivity contribution is -0.120. The van der Waals surface area contributed by atoms with Gasteiger partial charge in [-0.1, -0.05) is 43.9 Å². The van der Waals surface area contributed by atoms with E-state index < -0.39 is 0 Å². The first-order valence-electron chi connectivity index (χ1n) is 8.45. The molecule has 0 bridgehead atoms. The molecule has 1 N–H and O–H groups in total. The fourth-order valence-corrected chi connectivity index (χ4v) is 3.65. The van der Waals surface area contributed by atoms with Gasteiger partial charge < -0.3 is 10.2 Å². The Morgan fingerprint density at radius 3 is 2.67 bits per heavy atom. The molecular formula is C18H26N2O. The molecule has 0 radical (unpaired) electrons. The fourth-order valence-electron chi connectivity index (χ4n) is 3.65. The molecule has 3 nitrogen and oxygen atoms in total. The molecule has 1 aromatic carbocycles. The number of hydrogen-bond donors (Lipinski definition) is 1. The zero-order valence-corrected chi connectivity index (χ0v) is 12.8. The van der Waals surface area contributed by atoms with E-state index in [1.54, 1.807) is 0 Å². The highest BCUT2D eigenvalue weighted by Gasteiger charge is 2.20. The largest absolute Gasteiger partial charge is 0.362 e. The second-order valence-corrected chi connectivity index (χ2v) is 6.41. The van der Waals surface area contributed by atoms with Crippen LogP contribution >= 0.6 is 0 Å². The molecule has 1 aromatic rings. The molecule has 2 aliphatic rings. The van der Waals surface area contributed by atoms with Gasteiger partial charge in [-0.15, -0.1) is 0 Å². The van der Waals surface area contributed by atoms with Gasteiger partial charge in [0.15, 0.2) is 0 Å². The topological polar surface area (TPSA) is 32.3 Å². The molecule has 1 heterocycles. The Morgan fingerprint density at radius 2 is 1.86 bits per heavy atom. The number of fused-ring (bicyclic) bond motifs is 1. The Hall–Kier alpha value is -1.51. The van der Waals surface area contributed by atoms with Crippen LogP contribution < -0.4 is 10.2 Å². The van der Waals surface area contributed by atoms with Crippen LogP contribution in [-0.4, -0.2) is 25.0 Å². The summed E-state index contributed by atoms with van der Waals surface area (Å²) >= 11 is 0. The van der Waals surface area contributed by atoms with Crippen LogP contribution in [0.1, 0.15) is 50.5 Å². The predicted molar refractivity (Wildman–Crippen MR) is 86.6 cm³/mol. The van der Waals surface area contributed by atoms with Crippen LogP contribution in [0.4, 0.5) is 5.69 Å². The minimum atomic E-state index is 0.193. The van der Waals surface area contributed by atoms with Gasteiger partial charge in [-0.2, -0.15) is 0 Å². The van der Waals surface area contributed by atoms with Crippen LogP contribution in [0.25, 0.3) is 0 Å². The van der Waals surface area contributed by atoms with Gasteiger partial charge in [0.25, 0.3) is 0 Å². The Balaban J connectivity index is 1.58. The molecule has 0 saturated heterocycles. The molecule has 0 atom stereocenters. The van der Waals surface area contributed by atoms with E-state index in [0.717, 1.165) is 32.2 Å². The third-order valence-corrected chi connectivity index (χ3v) is 4.76. The van der Waals surface area contributed by atoms with E-state index in [-0.39, 0.29) is 5.91 Å². The van der Waals surface area contributed by atoms with E-state index in [9.17, 15) is 4.79 Å². The quantitative estimate of drug-likeness (QED) is 0.865. The van der Waals surface area contributed by atoms with E-state index in [4.69, 9.17) is 0 Å². The summed E-state index contributed by atoms with van der Waals surface area (Å²) in [7, 11) is 0. The van der Waals surface area contributed by atoms with Gasteiger partial charge in [-0.05, 0) is 37.3 Å². The van der Waals surface area contributed by atoms with E-state index in [2.05, 4.69) is 34.5 Å². The summed E-state index contributed by atoms with van der Waals surface area (Å²) in [6.45, 7) is 1.50. The summed E-state index contributed by atoms with van der Waals surface area (Å²) in [4.78, 5) is 14.6. The standard InChI is InChI=1S/C18H26N2O/c21-18(19-16-10-3-1-2-4-11-16)14-20-13-7-9-15-8-5-6-12-17(15)20/h5-6,8,12,16H,1-4,7,9-11,13-14H2,(H,19,21). The second kappa shape index (κ2) is 6.97. The number of nitrogens with one attached hydrogen (secondary N) is 1. The van der Waals surface area contributed by atoms with Crippen molar-refractivity contribution in [3.63, 3.8) is 0 Å². The molecular weight excluding hydrogens is 260 g/mol. The van der Waals surface area contributed by atoms with E-state index in [0.29, 0.717) is 12.6 Å². The van der Waals surface area contributed by atoms with Crippen molar-refractivity contribution in [2.24, 2.45) is 0 Å². The van der Waals surface area contributed by atoms with E-state index >= 15 is 0 Å². The highest BCUT2D eigenvalue weighted by molar-refractivity contribution is 5.82. The van der Waals surface area contributed by atoms with Gasteiger partial charge in [0.2, 0.25) is 5.91 Å². The summed E-state index contributed by atoms with van der Waals surface area (Å²) in [5, 5.41) is 3.26. The Kier molecular flexibility index (Phi) is 4.79. The van der Waals surface area contributed by atoms with Crippen molar-refractivity contribution in [2.45, 2.75) is 57.4 Å². The van der Waals surface area contributed by atoms with Crippen molar-refractivity contribution < 1.29 is 4.79 Å². The number of rotatable bonds is 3. The first-order chi connectivity index (χ1) is 10.3. The van der Waals surface area contributed by atoms with Crippen molar-refractivity contribution in [1.82, 2.24) is 5.32 Å². The van der Waals surface area contributed by atoms with Gasteiger partial charge >= 0.3 is 0 Å². The number of amides is 1. The zero-order chi connectivity index (χ0) is 14.5. The Bertz CT molecular complexity index is 478. The molecule has 0 aromatic heterocycles. The normalized spacial score (nSPS) is 19.7. The average Bonchev–Trinajstić information content (AvgIpc) is 2.76. The van der Waals surface area contributed by atoms with Gasteiger partial charge in [0, 0.05) is 18.3 Å². The molecule has 1 aliphatic heterocycles. The minimum Gasteiger partial charge on any atom is -0.362 e. The molecule has 0 unspecified atom stereocenters. The van der Waals surface area contributed by atoms with Gasteiger partial charge in [0.1, 0.15) is 0 Å². The molecule has 0 spiro atoms. The third-order valence-electron chi connectivity index (χ3n) is 4.76. The molecule has 1 fully saturated rings. The van der Waals surface area contributed by atoms with Crippen LogP contribution in [0.3, 0.4) is 0 Å². The molecule has 1 saturated carbocycles. The number of aryl methyl sites for hydroxylation is 1. The van der Waals surface area contributed by atoms with Crippen molar-refractivity contribution in [3.05, 3.63) is 29.8 Å². The fraction of sp³-hybridized carbons (Fsp3) is 0.611. The molecule has 114 valence electrons. The first kappa shape index (κ1) is 14.4. The van der Waals surface area contributed by atoms with Gasteiger partial charge in [-0.25, -0.2) is 0 Å². The summed E-state index contributed by atoms with van der Waals surface area (Å²) in [6, 6.07) is 8.90. The molecule has 1 amide bonds. The van der Waals surface area contributed by atoms with Crippen LogP contribution in [0, 0.1) is 0 Å². The molecule has 3 heteroatoms. The third kappa shape index (κ3) is 3.78. The van der Waals surface area contributed by atoms with Crippen LogP contribution in [0.15, 0.2) is 24.3 Å². The molecule has 21 heavy (non-hydrogen) atoms. The smallest absolute Gasteiger partial charge is 0.239 e. The van der Waals surface area contributed by atoms with Crippen LogP contribution in [0.5, 0.6) is 0 Å². The monoisotopic (exact) mass is 286 g/mol. The number of anilines is 1. The molecule has 1 aliphatic carbocycles. The van der Waals surface area contributed by atoms with E-state index in [1.807, 2.05) is 0 Å². The van der Waals surface area contributed by atoms with Crippen molar-refractivity contribution in [1.29, 1.82) is 0 Å². The predicted octanol–water partition coefficient (Wildman–Crippen LogP) is 3.28. The number of hydrogen-bond acceptors (Lipinski definition) is 2. The summed E-state index contributed by atoms with van der Waals surface area (Å²) in [5.74, 6) is 0.193. The SMILES string of the molecule is O=C(CN1CCCc2ccccc21)NC1CCCCCC1. The van der Waals surface area contributed by atoms with Gasteiger partial charge in [-0.3, -0.25) is 4.79 Å². The summed E-state index contributed by atoms with van der Waals surface area (Å²) < 4.78 is 0. The first-order valence-corrected chi connectivity index (χ1v) is 8.45. The highest BCUT2D eigenvalue weighted by Crippen LogP contribution is 2.26. The van der Waals surface area contributed by atoms with Crippen LogP contribution in [0.2, 0.25) is 0 Å². The maximum atomic E-state index is 12.3. The number of carbonyl (C=O) groups is 1. The lowest BCUT2D eigenvalue weighted by Gasteiger charge is -2.31. The summed E-state index contributed by atoms with van der Waals surface area (Å²) in [6.07, 6.45) is 9.77. The van der Waals surface area contributed by atoms with Gasteiger partial charge in [0.05, 0.1) is 6.54 Å². The maximum Gasteiger partial charge on any atom is 0.239 e. The number of para-hydroxylation sites is 1. The number of benzene rings is 1. The maximum absolute atomic E-state index is 12.3. The van der Waals surface area contributed by atoms with Crippen LogP contribution in [-0.2, 0) is 11.2 Å². The lowest BCUT2D eigenvalue weighted by Crippen LogP contribution is -2.43. The van der Waals surface area contributed by atoms with Crippen molar-refractivity contribution in [3.8, 4) is 0 Å². The number of nitrogens with zero attached hydrogens (tertiary/aromatic N) is 1. The Labute approximate surface area is 127 Å². The van der Waals surface area contributed by atoms with Crippen molar-refractivity contribution in [2.75, 3.05) is 18.0 Å². The van der Waals surface area contributed by atoms with E-state index in [1.165, 1.54) is 36.9 Å².